The predicted octanol–water partition coefficient (Wildman–Crippen LogP) is 3.43. The van der Waals surface area contributed by atoms with E-state index < -0.39 is 0 Å². The van der Waals surface area contributed by atoms with Gasteiger partial charge in [0.1, 0.15) is 5.82 Å². The number of aromatic nitrogens is 1. The number of nitrogens with zero attached hydrogens (tertiary/aromatic N) is 1. The Hall–Kier alpha value is -2.56. The van der Waals surface area contributed by atoms with Crippen molar-refractivity contribution in [3.63, 3.8) is 0 Å². The second-order valence-corrected chi connectivity index (χ2v) is 6.68. The molecule has 1 aliphatic rings. The highest BCUT2D eigenvalue weighted by atomic mass is 16.2. The molecule has 5 nitrogen and oxygen atoms in total. The van der Waals surface area contributed by atoms with E-state index in [1.165, 1.54) is 29.5 Å². The van der Waals surface area contributed by atoms with Crippen LogP contribution in [-0.4, -0.2) is 24.1 Å². The quantitative estimate of drug-likeness (QED) is 0.746. The molecular weight excluding hydrogens is 324 g/mol. The van der Waals surface area contributed by atoms with Crippen LogP contribution in [0.3, 0.4) is 0 Å². The first kappa shape index (κ1) is 18.2. The van der Waals surface area contributed by atoms with Gasteiger partial charge in [0.15, 0.2) is 0 Å². The van der Waals surface area contributed by atoms with Crippen LogP contribution in [0.15, 0.2) is 36.4 Å². The molecule has 138 valence electrons. The van der Waals surface area contributed by atoms with Crippen LogP contribution in [0.4, 0.5) is 10.6 Å². The number of amides is 2. The molecule has 3 N–H and O–H groups in total. The first-order valence-electron chi connectivity index (χ1n) is 9.57. The maximum atomic E-state index is 12.0. The summed E-state index contributed by atoms with van der Waals surface area (Å²) in [6.45, 7) is 4.24. The Kier molecular flexibility index (Phi) is 6.47. The lowest BCUT2D eigenvalue weighted by Crippen LogP contribution is -2.36. The number of nitrogens with one attached hydrogen (secondary N) is 3. The first-order chi connectivity index (χ1) is 12.8. The SMILES string of the molecule is CCc1ccccc1CNC(=O)NCCc1ccc2c(n1)NCCCC2. The Morgan fingerprint density at radius 3 is 2.81 bits per heavy atom. The van der Waals surface area contributed by atoms with Gasteiger partial charge in [-0.25, -0.2) is 9.78 Å². The molecule has 0 bridgehead atoms. The van der Waals surface area contributed by atoms with E-state index in [0.29, 0.717) is 13.1 Å². The highest BCUT2D eigenvalue weighted by Crippen LogP contribution is 2.19. The molecular formula is C21H28N4O. The summed E-state index contributed by atoms with van der Waals surface area (Å²) >= 11 is 0. The van der Waals surface area contributed by atoms with Crippen LogP contribution in [0.5, 0.6) is 0 Å². The number of carbonyl (C=O) groups excluding carboxylic acids is 1. The van der Waals surface area contributed by atoms with Crippen molar-refractivity contribution >= 4 is 11.8 Å². The van der Waals surface area contributed by atoms with Gasteiger partial charge >= 0.3 is 6.03 Å². The van der Waals surface area contributed by atoms with Gasteiger partial charge in [-0.05, 0) is 48.4 Å². The minimum atomic E-state index is -0.135. The minimum Gasteiger partial charge on any atom is -0.370 e. The third-order valence-electron chi connectivity index (χ3n) is 4.81. The normalized spacial score (nSPS) is 13.3. The maximum absolute atomic E-state index is 12.0. The summed E-state index contributed by atoms with van der Waals surface area (Å²) in [5.41, 5.74) is 4.75. The molecule has 1 aromatic heterocycles. The third-order valence-corrected chi connectivity index (χ3v) is 4.81. The zero-order chi connectivity index (χ0) is 18.2. The fraction of sp³-hybridized carbons (Fsp3) is 0.429. The summed E-state index contributed by atoms with van der Waals surface area (Å²) in [6.07, 6.45) is 5.19. The van der Waals surface area contributed by atoms with E-state index in [0.717, 1.165) is 37.3 Å². The molecule has 0 unspecified atom stereocenters. The predicted molar refractivity (Wildman–Crippen MR) is 105 cm³/mol. The topological polar surface area (TPSA) is 66.0 Å². The van der Waals surface area contributed by atoms with Crippen molar-refractivity contribution in [2.24, 2.45) is 0 Å². The van der Waals surface area contributed by atoms with Crippen LogP contribution in [0.2, 0.25) is 0 Å². The number of carbonyl (C=O) groups is 1. The van der Waals surface area contributed by atoms with Gasteiger partial charge in [-0.2, -0.15) is 0 Å². The lowest BCUT2D eigenvalue weighted by atomic mass is 10.1. The fourth-order valence-electron chi connectivity index (χ4n) is 3.29. The Balaban J connectivity index is 1.44. The second kappa shape index (κ2) is 9.22. The highest BCUT2D eigenvalue weighted by Gasteiger charge is 2.09. The summed E-state index contributed by atoms with van der Waals surface area (Å²) < 4.78 is 0. The number of hydrogen-bond acceptors (Lipinski definition) is 3. The summed E-state index contributed by atoms with van der Waals surface area (Å²) in [5, 5.41) is 9.26. The summed E-state index contributed by atoms with van der Waals surface area (Å²) in [7, 11) is 0. The third kappa shape index (κ3) is 4.97. The molecule has 0 atom stereocenters. The van der Waals surface area contributed by atoms with E-state index in [-0.39, 0.29) is 6.03 Å². The lowest BCUT2D eigenvalue weighted by molar-refractivity contribution is 0.240. The molecule has 0 fully saturated rings. The molecule has 2 amide bonds. The number of urea groups is 1. The average Bonchev–Trinajstić information content (AvgIpc) is 2.91. The number of fused-ring (bicyclic) bond motifs is 1. The number of benzene rings is 1. The Morgan fingerprint density at radius 2 is 1.96 bits per heavy atom. The van der Waals surface area contributed by atoms with Crippen LogP contribution in [0, 0.1) is 0 Å². The Morgan fingerprint density at radius 1 is 1.12 bits per heavy atom. The van der Waals surface area contributed by atoms with Gasteiger partial charge in [0.2, 0.25) is 0 Å². The summed E-state index contributed by atoms with van der Waals surface area (Å²) in [6, 6.07) is 12.3. The van der Waals surface area contributed by atoms with E-state index >= 15 is 0 Å². The molecule has 0 saturated carbocycles. The monoisotopic (exact) mass is 352 g/mol. The molecule has 2 heterocycles. The molecule has 5 heteroatoms. The Labute approximate surface area is 155 Å². The van der Waals surface area contributed by atoms with Gasteiger partial charge < -0.3 is 16.0 Å². The van der Waals surface area contributed by atoms with Crippen molar-refractivity contribution in [1.82, 2.24) is 15.6 Å². The zero-order valence-electron chi connectivity index (χ0n) is 15.5. The number of hydrogen-bond donors (Lipinski definition) is 3. The molecule has 3 rings (SSSR count). The fourth-order valence-corrected chi connectivity index (χ4v) is 3.29. The van der Waals surface area contributed by atoms with Crippen molar-refractivity contribution in [2.75, 3.05) is 18.4 Å². The van der Waals surface area contributed by atoms with Crippen molar-refractivity contribution in [3.8, 4) is 0 Å². The number of rotatable bonds is 6. The van der Waals surface area contributed by atoms with Crippen LogP contribution < -0.4 is 16.0 Å². The van der Waals surface area contributed by atoms with E-state index in [9.17, 15) is 4.79 Å². The maximum Gasteiger partial charge on any atom is 0.315 e. The largest absolute Gasteiger partial charge is 0.370 e. The average molecular weight is 352 g/mol. The number of pyridine rings is 1. The van der Waals surface area contributed by atoms with Crippen molar-refractivity contribution in [1.29, 1.82) is 0 Å². The molecule has 26 heavy (non-hydrogen) atoms. The molecule has 1 aromatic carbocycles. The first-order valence-corrected chi connectivity index (χ1v) is 9.57. The Bertz CT molecular complexity index is 745. The molecule has 0 radical (unpaired) electrons. The van der Waals surface area contributed by atoms with Crippen LogP contribution in [0.25, 0.3) is 0 Å². The van der Waals surface area contributed by atoms with Crippen LogP contribution in [-0.2, 0) is 25.8 Å². The molecule has 2 aromatic rings. The molecule has 0 saturated heterocycles. The van der Waals surface area contributed by atoms with Gasteiger partial charge in [-0.15, -0.1) is 0 Å². The summed E-state index contributed by atoms with van der Waals surface area (Å²) in [4.78, 5) is 16.7. The smallest absolute Gasteiger partial charge is 0.315 e. The van der Waals surface area contributed by atoms with Crippen LogP contribution >= 0.6 is 0 Å². The van der Waals surface area contributed by atoms with Crippen molar-refractivity contribution < 1.29 is 4.79 Å². The number of aryl methyl sites for hydroxylation is 2. The van der Waals surface area contributed by atoms with E-state index in [4.69, 9.17) is 4.98 Å². The second-order valence-electron chi connectivity index (χ2n) is 6.68. The van der Waals surface area contributed by atoms with Gasteiger partial charge in [0.25, 0.3) is 0 Å². The molecule has 0 spiro atoms. The molecule has 0 aliphatic carbocycles. The molecule has 1 aliphatic heterocycles. The minimum absolute atomic E-state index is 0.135. The number of anilines is 1. The van der Waals surface area contributed by atoms with Gasteiger partial charge in [0.05, 0.1) is 0 Å². The lowest BCUT2D eigenvalue weighted by Gasteiger charge is -2.11. The van der Waals surface area contributed by atoms with Gasteiger partial charge in [-0.1, -0.05) is 37.3 Å². The summed E-state index contributed by atoms with van der Waals surface area (Å²) in [5.74, 6) is 1.01. The van der Waals surface area contributed by atoms with Crippen molar-refractivity contribution in [3.05, 3.63) is 58.8 Å². The van der Waals surface area contributed by atoms with E-state index in [1.54, 1.807) is 0 Å². The van der Waals surface area contributed by atoms with Crippen LogP contribution in [0.1, 0.15) is 42.1 Å². The van der Waals surface area contributed by atoms with Gasteiger partial charge in [-0.3, -0.25) is 0 Å². The van der Waals surface area contributed by atoms with E-state index in [2.05, 4.69) is 47.1 Å². The van der Waals surface area contributed by atoms with E-state index in [1.807, 2.05) is 12.1 Å². The zero-order valence-corrected chi connectivity index (χ0v) is 15.5. The highest BCUT2D eigenvalue weighted by molar-refractivity contribution is 5.73. The van der Waals surface area contributed by atoms with Crippen molar-refractivity contribution in [2.45, 2.75) is 45.6 Å². The standard InChI is InChI=1S/C21H28N4O/c1-2-16-7-3-4-9-18(16)15-24-21(26)23-14-12-19-11-10-17-8-5-6-13-22-20(17)25-19/h3-4,7,9-11H,2,5-6,8,12-15H2,1H3,(H,22,25)(H2,23,24,26). The van der Waals surface area contributed by atoms with Gasteiger partial charge in [0, 0.05) is 31.7 Å².